The van der Waals surface area contributed by atoms with E-state index >= 15 is 0 Å². The molecule has 0 aliphatic carbocycles. The Bertz CT molecular complexity index is 983. The third-order valence-corrected chi connectivity index (χ3v) is 5.61. The third-order valence-electron chi connectivity index (χ3n) is 4.80. The Balaban J connectivity index is 1.47. The number of carbonyl (C=O) groups excluding carboxylic acids is 4. The van der Waals surface area contributed by atoms with E-state index in [1.165, 1.54) is 18.3 Å². The van der Waals surface area contributed by atoms with Gasteiger partial charge in [0.05, 0.1) is 24.3 Å². The molecule has 2 aromatic rings. The fraction of sp³-hybridized carbons (Fsp3) is 0.381. The number of benzene rings is 1. The fourth-order valence-corrected chi connectivity index (χ4v) is 3.81. The van der Waals surface area contributed by atoms with Gasteiger partial charge in [0.2, 0.25) is 11.8 Å². The van der Waals surface area contributed by atoms with Crippen LogP contribution in [0.3, 0.4) is 0 Å². The van der Waals surface area contributed by atoms with E-state index in [0.717, 1.165) is 0 Å². The Labute approximate surface area is 189 Å². The number of hydrogen-bond acceptors (Lipinski definition) is 7. The number of esters is 1. The average Bonchev–Trinajstić information content (AvgIpc) is 3.20. The van der Waals surface area contributed by atoms with Crippen LogP contribution in [0.5, 0.6) is 0 Å². The van der Waals surface area contributed by atoms with Crippen molar-refractivity contribution in [3.63, 3.8) is 0 Å². The lowest BCUT2D eigenvalue weighted by Crippen LogP contribution is -2.51. The average molecular weight is 460 g/mol. The number of hydrogen-bond donors (Lipinski definition) is 2. The van der Waals surface area contributed by atoms with Gasteiger partial charge in [0.1, 0.15) is 0 Å². The quantitative estimate of drug-likeness (QED) is 0.639. The van der Waals surface area contributed by atoms with E-state index in [1.54, 1.807) is 46.4 Å². The Morgan fingerprint density at radius 3 is 2.31 bits per heavy atom. The monoisotopic (exact) mass is 459 g/mol. The van der Waals surface area contributed by atoms with E-state index in [0.29, 0.717) is 54.9 Å². The van der Waals surface area contributed by atoms with Crippen LogP contribution in [0, 0.1) is 0 Å². The topological polar surface area (TPSA) is 121 Å². The van der Waals surface area contributed by atoms with Crippen molar-refractivity contribution >= 4 is 46.0 Å². The molecular formula is C21H25N5O5S. The summed E-state index contributed by atoms with van der Waals surface area (Å²) in [5, 5.41) is 7.61. The molecule has 1 aliphatic rings. The van der Waals surface area contributed by atoms with Crippen molar-refractivity contribution in [2.75, 3.05) is 43.4 Å². The summed E-state index contributed by atoms with van der Waals surface area (Å²) in [4.78, 5) is 55.4. The second-order valence-corrected chi connectivity index (χ2v) is 7.95. The van der Waals surface area contributed by atoms with Crippen LogP contribution in [-0.4, -0.2) is 71.4 Å². The van der Waals surface area contributed by atoms with Crippen LogP contribution in [0.25, 0.3) is 0 Å². The molecular weight excluding hydrogens is 434 g/mol. The van der Waals surface area contributed by atoms with Gasteiger partial charge < -0.3 is 19.9 Å². The van der Waals surface area contributed by atoms with Crippen LogP contribution >= 0.6 is 11.3 Å². The summed E-state index contributed by atoms with van der Waals surface area (Å²) < 4.78 is 4.93. The highest BCUT2D eigenvalue weighted by molar-refractivity contribution is 7.13. The molecule has 0 atom stereocenters. The standard InChI is InChI=1S/C21H25N5O5S/c1-3-31-19(29)15-4-6-16(7-5-15)22-18(28)12-17-13-32-20(23-17)24-21(30)26-10-8-25(9-11-26)14(2)27/h4-7,13H,3,8-12H2,1-2H3,(H,22,28)(H,23,24,30). The van der Waals surface area contributed by atoms with Gasteiger partial charge in [-0.05, 0) is 31.2 Å². The molecule has 0 spiro atoms. The molecule has 0 bridgehead atoms. The molecule has 0 unspecified atom stereocenters. The van der Waals surface area contributed by atoms with Gasteiger partial charge in [-0.25, -0.2) is 14.6 Å². The van der Waals surface area contributed by atoms with Crippen LogP contribution in [0.1, 0.15) is 29.9 Å². The molecule has 1 aromatic carbocycles. The zero-order chi connectivity index (χ0) is 23.1. The molecule has 0 saturated carbocycles. The van der Waals surface area contributed by atoms with Crippen molar-refractivity contribution in [3.8, 4) is 0 Å². The first kappa shape index (κ1) is 23.2. The predicted molar refractivity (Wildman–Crippen MR) is 120 cm³/mol. The molecule has 1 saturated heterocycles. The van der Waals surface area contributed by atoms with Crippen molar-refractivity contribution in [2.45, 2.75) is 20.3 Å². The predicted octanol–water partition coefficient (Wildman–Crippen LogP) is 2.20. The smallest absolute Gasteiger partial charge is 0.338 e. The number of thiazole rings is 1. The van der Waals surface area contributed by atoms with Gasteiger partial charge in [-0.2, -0.15) is 0 Å². The summed E-state index contributed by atoms with van der Waals surface area (Å²) in [7, 11) is 0. The van der Waals surface area contributed by atoms with Crippen LogP contribution in [0.15, 0.2) is 29.6 Å². The maximum absolute atomic E-state index is 12.4. The van der Waals surface area contributed by atoms with Gasteiger partial charge in [-0.3, -0.25) is 14.9 Å². The Morgan fingerprint density at radius 2 is 1.69 bits per heavy atom. The Hall–Kier alpha value is -3.47. The summed E-state index contributed by atoms with van der Waals surface area (Å²) in [6.07, 6.45) is 0.0449. The Kier molecular flexibility index (Phi) is 7.77. The maximum atomic E-state index is 12.4. The first-order chi connectivity index (χ1) is 15.4. The van der Waals surface area contributed by atoms with E-state index in [9.17, 15) is 19.2 Å². The summed E-state index contributed by atoms with van der Waals surface area (Å²) in [6, 6.07) is 6.15. The molecule has 1 aliphatic heterocycles. The molecule has 10 nitrogen and oxygen atoms in total. The minimum Gasteiger partial charge on any atom is -0.462 e. The SMILES string of the molecule is CCOC(=O)c1ccc(NC(=O)Cc2csc(NC(=O)N3CCN(C(C)=O)CC3)n2)cc1. The van der Waals surface area contributed by atoms with Gasteiger partial charge in [0, 0.05) is 44.2 Å². The number of carbonyl (C=O) groups is 4. The minimum atomic E-state index is -0.414. The molecule has 32 heavy (non-hydrogen) atoms. The molecule has 2 N–H and O–H groups in total. The van der Waals surface area contributed by atoms with Crippen molar-refractivity contribution in [1.82, 2.24) is 14.8 Å². The molecule has 3 rings (SSSR count). The first-order valence-corrected chi connectivity index (χ1v) is 11.1. The van der Waals surface area contributed by atoms with E-state index in [2.05, 4.69) is 15.6 Å². The molecule has 11 heteroatoms. The van der Waals surface area contributed by atoms with Gasteiger partial charge >= 0.3 is 12.0 Å². The third kappa shape index (κ3) is 6.27. The second-order valence-electron chi connectivity index (χ2n) is 7.09. The molecule has 4 amide bonds. The Morgan fingerprint density at radius 1 is 1.03 bits per heavy atom. The molecule has 1 fully saturated rings. The van der Waals surface area contributed by atoms with E-state index in [4.69, 9.17) is 4.74 Å². The van der Waals surface area contributed by atoms with Gasteiger partial charge in [0.25, 0.3) is 0 Å². The fourth-order valence-electron chi connectivity index (χ4n) is 3.11. The highest BCUT2D eigenvalue weighted by Crippen LogP contribution is 2.18. The van der Waals surface area contributed by atoms with Crippen molar-refractivity contribution < 1.29 is 23.9 Å². The number of rotatable bonds is 6. The lowest BCUT2D eigenvalue weighted by molar-refractivity contribution is -0.130. The van der Waals surface area contributed by atoms with Crippen LogP contribution in [0.4, 0.5) is 15.6 Å². The number of piperazine rings is 1. The largest absolute Gasteiger partial charge is 0.462 e. The summed E-state index contributed by atoms with van der Waals surface area (Å²) in [6.45, 7) is 5.48. The number of aromatic nitrogens is 1. The lowest BCUT2D eigenvalue weighted by Gasteiger charge is -2.33. The van der Waals surface area contributed by atoms with E-state index in [1.807, 2.05) is 0 Å². The minimum absolute atomic E-state index is 0.00263. The van der Waals surface area contributed by atoms with Crippen molar-refractivity contribution in [2.24, 2.45) is 0 Å². The summed E-state index contributed by atoms with van der Waals surface area (Å²) in [5.41, 5.74) is 1.50. The van der Waals surface area contributed by atoms with Gasteiger partial charge in [0.15, 0.2) is 5.13 Å². The van der Waals surface area contributed by atoms with E-state index in [-0.39, 0.29) is 24.3 Å². The first-order valence-electron chi connectivity index (χ1n) is 10.2. The highest BCUT2D eigenvalue weighted by atomic mass is 32.1. The highest BCUT2D eigenvalue weighted by Gasteiger charge is 2.23. The van der Waals surface area contributed by atoms with Crippen LogP contribution < -0.4 is 10.6 Å². The number of anilines is 2. The van der Waals surface area contributed by atoms with Crippen LogP contribution in [0.2, 0.25) is 0 Å². The maximum Gasteiger partial charge on any atom is 0.338 e. The zero-order valence-corrected chi connectivity index (χ0v) is 18.7. The number of nitrogens with one attached hydrogen (secondary N) is 2. The van der Waals surface area contributed by atoms with Gasteiger partial charge in [-0.1, -0.05) is 0 Å². The van der Waals surface area contributed by atoms with Crippen molar-refractivity contribution in [3.05, 3.63) is 40.9 Å². The van der Waals surface area contributed by atoms with Gasteiger partial charge in [-0.15, -0.1) is 11.3 Å². The molecule has 0 radical (unpaired) electrons. The number of urea groups is 1. The second kappa shape index (κ2) is 10.7. The molecule has 1 aromatic heterocycles. The lowest BCUT2D eigenvalue weighted by atomic mass is 10.2. The number of ether oxygens (including phenoxy) is 1. The normalized spacial score (nSPS) is 13.4. The molecule has 170 valence electrons. The summed E-state index contributed by atoms with van der Waals surface area (Å²) >= 11 is 1.24. The summed E-state index contributed by atoms with van der Waals surface area (Å²) in [5.74, 6) is -0.677. The van der Waals surface area contributed by atoms with Crippen LogP contribution in [-0.2, 0) is 20.7 Å². The number of nitrogens with zero attached hydrogens (tertiary/aromatic N) is 3. The number of amides is 4. The molecule has 2 heterocycles. The van der Waals surface area contributed by atoms with E-state index < -0.39 is 5.97 Å². The zero-order valence-electron chi connectivity index (χ0n) is 17.9. The van der Waals surface area contributed by atoms with Crippen molar-refractivity contribution in [1.29, 1.82) is 0 Å².